The van der Waals surface area contributed by atoms with Crippen molar-refractivity contribution < 1.29 is 14.4 Å². The molecule has 0 aromatic heterocycles. The summed E-state index contributed by atoms with van der Waals surface area (Å²) in [6.45, 7) is 1.57. The van der Waals surface area contributed by atoms with Crippen LogP contribution in [0.25, 0.3) is 0 Å². The molecule has 0 aliphatic heterocycles. The second-order valence-electron chi connectivity index (χ2n) is 2.81. The molecule has 0 amide bonds. The van der Waals surface area contributed by atoms with E-state index < -0.39 is 0 Å². The van der Waals surface area contributed by atoms with Gasteiger partial charge in [-0.25, -0.2) is 4.39 Å². The predicted octanol–water partition coefficient (Wildman–Crippen LogP) is 2.03. The minimum absolute atomic E-state index is 0.295. The summed E-state index contributed by atoms with van der Waals surface area (Å²) < 4.78 is 12.7. The largest absolute Gasteiger partial charge is 0.411 e. The first-order valence-electron chi connectivity index (χ1n) is 4.25. The highest BCUT2D eigenvalue weighted by Gasteiger charge is 2.08. The SMILES string of the molecule is CON=C(C(C)=NO)c1ccc(F)cc1. The maximum Gasteiger partial charge on any atom is 0.134 e. The Kier molecular flexibility index (Phi) is 3.79. The third kappa shape index (κ3) is 2.77. The fourth-order valence-corrected chi connectivity index (χ4v) is 1.07. The molecule has 0 heterocycles. The van der Waals surface area contributed by atoms with Crippen LogP contribution in [0.5, 0.6) is 0 Å². The van der Waals surface area contributed by atoms with Crippen molar-refractivity contribution in [3.8, 4) is 0 Å². The summed E-state index contributed by atoms with van der Waals surface area (Å²) in [5.74, 6) is -0.339. The molecule has 1 aromatic carbocycles. The van der Waals surface area contributed by atoms with E-state index in [2.05, 4.69) is 15.1 Å². The van der Waals surface area contributed by atoms with Crippen molar-refractivity contribution in [2.75, 3.05) is 7.11 Å². The number of oxime groups is 2. The first kappa shape index (κ1) is 11.2. The van der Waals surface area contributed by atoms with Gasteiger partial charge in [-0.15, -0.1) is 0 Å². The minimum atomic E-state index is -0.339. The van der Waals surface area contributed by atoms with Crippen molar-refractivity contribution in [1.29, 1.82) is 0 Å². The lowest BCUT2D eigenvalue weighted by atomic mass is 10.1. The average molecular weight is 210 g/mol. The summed E-state index contributed by atoms with van der Waals surface area (Å²) in [6, 6.07) is 5.65. The lowest BCUT2D eigenvalue weighted by Gasteiger charge is -2.03. The molecule has 0 aliphatic carbocycles. The molecular weight excluding hydrogens is 199 g/mol. The fraction of sp³-hybridized carbons (Fsp3) is 0.200. The normalized spacial score (nSPS) is 12.7. The van der Waals surface area contributed by atoms with Crippen molar-refractivity contribution in [1.82, 2.24) is 0 Å². The molecule has 1 N–H and O–H groups in total. The second kappa shape index (κ2) is 5.09. The van der Waals surface area contributed by atoms with Crippen LogP contribution in [0.1, 0.15) is 12.5 Å². The Morgan fingerprint density at radius 3 is 2.40 bits per heavy atom. The molecule has 5 heteroatoms. The number of rotatable bonds is 3. The van der Waals surface area contributed by atoms with Gasteiger partial charge in [-0.1, -0.05) is 10.3 Å². The summed E-state index contributed by atoms with van der Waals surface area (Å²) in [7, 11) is 1.38. The zero-order valence-corrected chi connectivity index (χ0v) is 8.44. The van der Waals surface area contributed by atoms with Gasteiger partial charge in [-0.2, -0.15) is 0 Å². The Morgan fingerprint density at radius 1 is 1.33 bits per heavy atom. The van der Waals surface area contributed by atoms with E-state index >= 15 is 0 Å². The molecule has 0 aliphatic rings. The van der Waals surface area contributed by atoms with Crippen molar-refractivity contribution >= 4 is 11.4 Å². The number of hydrogen-bond donors (Lipinski definition) is 1. The molecule has 4 nitrogen and oxygen atoms in total. The van der Waals surface area contributed by atoms with Crippen LogP contribution >= 0.6 is 0 Å². The van der Waals surface area contributed by atoms with E-state index in [1.807, 2.05) is 0 Å². The first-order valence-corrected chi connectivity index (χ1v) is 4.25. The van der Waals surface area contributed by atoms with E-state index in [0.717, 1.165) is 0 Å². The van der Waals surface area contributed by atoms with E-state index in [-0.39, 0.29) is 5.82 Å². The van der Waals surface area contributed by atoms with Crippen molar-refractivity contribution in [3.63, 3.8) is 0 Å². The van der Waals surface area contributed by atoms with Crippen LogP contribution in [0.3, 0.4) is 0 Å². The monoisotopic (exact) mass is 210 g/mol. The number of halogens is 1. The predicted molar refractivity (Wildman–Crippen MR) is 54.8 cm³/mol. The topological polar surface area (TPSA) is 54.2 Å². The van der Waals surface area contributed by atoms with Gasteiger partial charge in [0.2, 0.25) is 0 Å². The lowest BCUT2D eigenvalue weighted by molar-refractivity contribution is 0.214. The van der Waals surface area contributed by atoms with Gasteiger partial charge in [0.1, 0.15) is 24.4 Å². The molecule has 0 saturated carbocycles. The molecule has 1 rings (SSSR count). The van der Waals surface area contributed by atoms with Crippen LogP contribution < -0.4 is 0 Å². The zero-order chi connectivity index (χ0) is 11.3. The molecule has 0 fully saturated rings. The number of hydrogen-bond acceptors (Lipinski definition) is 4. The molecule has 0 bridgehead atoms. The van der Waals surface area contributed by atoms with Gasteiger partial charge in [-0.3, -0.25) is 0 Å². The highest BCUT2D eigenvalue weighted by atomic mass is 19.1. The summed E-state index contributed by atoms with van der Waals surface area (Å²) in [5.41, 5.74) is 1.28. The maximum atomic E-state index is 12.7. The quantitative estimate of drug-likeness (QED) is 0.471. The highest BCUT2D eigenvalue weighted by molar-refractivity contribution is 6.47. The van der Waals surface area contributed by atoms with E-state index in [1.54, 1.807) is 6.92 Å². The standard InChI is InChI=1S/C10H11FN2O2/c1-7(12-14)10(13-15-2)8-3-5-9(11)6-4-8/h3-6,14H,1-2H3. The molecule has 0 atom stereocenters. The molecule has 15 heavy (non-hydrogen) atoms. The first-order chi connectivity index (χ1) is 7.19. The second-order valence-corrected chi connectivity index (χ2v) is 2.81. The third-order valence-electron chi connectivity index (χ3n) is 1.79. The minimum Gasteiger partial charge on any atom is -0.411 e. The van der Waals surface area contributed by atoms with Gasteiger partial charge in [0.05, 0.1) is 0 Å². The van der Waals surface area contributed by atoms with Gasteiger partial charge >= 0.3 is 0 Å². The fourth-order valence-electron chi connectivity index (χ4n) is 1.07. The van der Waals surface area contributed by atoms with Gasteiger partial charge in [0.25, 0.3) is 0 Å². The Morgan fingerprint density at radius 2 is 1.93 bits per heavy atom. The van der Waals surface area contributed by atoms with Gasteiger partial charge < -0.3 is 10.0 Å². The van der Waals surface area contributed by atoms with Crippen LogP contribution in [0.15, 0.2) is 34.6 Å². The Balaban J connectivity index is 3.11. The summed E-state index contributed by atoms with van der Waals surface area (Å²) in [6.07, 6.45) is 0. The Bertz CT molecular complexity index is 385. The summed E-state index contributed by atoms with van der Waals surface area (Å²) in [5, 5.41) is 15.3. The van der Waals surface area contributed by atoms with Crippen LogP contribution in [0.4, 0.5) is 4.39 Å². The molecule has 0 spiro atoms. The van der Waals surface area contributed by atoms with Gasteiger partial charge in [-0.05, 0) is 31.2 Å². The van der Waals surface area contributed by atoms with E-state index in [9.17, 15) is 4.39 Å². The van der Waals surface area contributed by atoms with Crippen LogP contribution in [0, 0.1) is 5.82 Å². The maximum absolute atomic E-state index is 12.7. The summed E-state index contributed by atoms with van der Waals surface area (Å²) in [4.78, 5) is 4.61. The summed E-state index contributed by atoms with van der Waals surface area (Å²) >= 11 is 0. The third-order valence-corrected chi connectivity index (χ3v) is 1.79. The van der Waals surface area contributed by atoms with Crippen molar-refractivity contribution in [2.45, 2.75) is 6.92 Å². The molecule has 0 radical (unpaired) electrons. The molecular formula is C10H11FN2O2. The average Bonchev–Trinajstić information content (AvgIpc) is 2.26. The van der Waals surface area contributed by atoms with E-state index in [0.29, 0.717) is 17.0 Å². The Hall–Kier alpha value is -1.91. The number of nitrogens with zero attached hydrogens (tertiary/aromatic N) is 2. The Labute approximate surface area is 86.7 Å². The highest BCUT2D eigenvalue weighted by Crippen LogP contribution is 2.06. The van der Waals surface area contributed by atoms with Crippen LogP contribution in [-0.2, 0) is 4.84 Å². The van der Waals surface area contributed by atoms with Crippen LogP contribution in [-0.4, -0.2) is 23.7 Å². The molecule has 0 saturated heterocycles. The molecule has 80 valence electrons. The molecule has 0 unspecified atom stereocenters. The van der Waals surface area contributed by atoms with Crippen molar-refractivity contribution in [2.24, 2.45) is 10.3 Å². The van der Waals surface area contributed by atoms with Gasteiger partial charge in [0, 0.05) is 5.56 Å². The smallest absolute Gasteiger partial charge is 0.134 e. The van der Waals surface area contributed by atoms with Gasteiger partial charge in [0.15, 0.2) is 0 Å². The number of benzene rings is 1. The van der Waals surface area contributed by atoms with Crippen LogP contribution in [0.2, 0.25) is 0 Å². The van der Waals surface area contributed by atoms with Crippen molar-refractivity contribution in [3.05, 3.63) is 35.6 Å². The van der Waals surface area contributed by atoms with E-state index in [4.69, 9.17) is 5.21 Å². The zero-order valence-electron chi connectivity index (χ0n) is 8.44. The lowest BCUT2D eigenvalue weighted by Crippen LogP contribution is -2.12. The van der Waals surface area contributed by atoms with E-state index in [1.165, 1.54) is 31.4 Å². The molecule has 1 aromatic rings.